The second-order valence-corrected chi connectivity index (χ2v) is 10.6. The fraction of sp³-hybridized carbons (Fsp3) is 0.407. The Hall–Kier alpha value is -2.81. The highest BCUT2D eigenvalue weighted by Crippen LogP contribution is 2.38. The summed E-state index contributed by atoms with van der Waals surface area (Å²) in [6, 6.07) is 8.43. The molecule has 0 saturated carbocycles. The van der Waals surface area contributed by atoms with Crippen molar-refractivity contribution in [2.24, 2.45) is 0 Å². The number of carbonyl (C=O) groups is 1. The van der Waals surface area contributed by atoms with E-state index in [2.05, 4.69) is 15.3 Å². The van der Waals surface area contributed by atoms with Crippen molar-refractivity contribution in [2.45, 2.75) is 51.3 Å². The molecule has 1 amide bonds. The maximum Gasteiger partial charge on any atom is 0.239 e. The monoisotopic (exact) mass is 547 g/mol. The molecule has 0 unspecified atom stereocenters. The van der Waals surface area contributed by atoms with Gasteiger partial charge < -0.3 is 15.8 Å². The molecule has 0 aliphatic carbocycles. The van der Waals surface area contributed by atoms with Crippen LogP contribution in [-0.4, -0.2) is 46.3 Å². The average molecular weight is 548 g/mol. The Kier molecular flexibility index (Phi) is 8.02. The number of anilines is 1. The summed E-state index contributed by atoms with van der Waals surface area (Å²) in [6.07, 6.45) is 5.00. The number of hydrogen-bond donors (Lipinski definition) is 2. The lowest BCUT2D eigenvalue weighted by Crippen LogP contribution is -2.56. The number of halogens is 3. The third-order valence-electron chi connectivity index (χ3n) is 7.15. The molecule has 1 fully saturated rings. The highest BCUT2D eigenvalue weighted by atomic mass is 35.5. The molecule has 1 aromatic heterocycles. The second kappa shape index (κ2) is 10.9. The van der Waals surface area contributed by atoms with Crippen molar-refractivity contribution < 1.29 is 13.9 Å². The van der Waals surface area contributed by atoms with Gasteiger partial charge in [-0.2, -0.15) is 5.10 Å². The molecule has 10 heteroatoms. The number of nitrogens with one attached hydrogen (secondary N) is 1. The van der Waals surface area contributed by atoms with E-state index < -0.39 is 17.5 Å². The molecule has 0 bridgehead atoms. The molecule has 4 rings (SSSR count). The van der Waals surface area contributed by atoms with Gasteiger partial charge in [0.25, 0.3) is 0 Å². The smallest absolute Gasteiger partial charge is 0.239 e. The van der Waals surface area contributed by atoms with E-state index in [-0.39, 0.29) is 17.0 Å². The van der Waals surface area contributed by atoms with Crippen LogP contribution < -0.4 is 15.8 Å². The zero-order valence-corrected chi connectivity index (χ0v) is 22.9. The maximum absolute atomic E-state index is 14.0. The number of hydrogen-bond acceptors (Lipinski definition) is 5. The van der Waals surface area contributed by atoms with E-state index in [1.807, 2.05) is 43.1 Å². The van der Waals surface area contributed by atoms with Crippen LogP contribution in [0.25, 0.3) is 11.1 Å². The summed E-state index contributed by atoms with van der Waals surface area (Å²) in [4.78, 5) is 14.5. The van der Waals surface area contributed by atoms with Gasteiger partial charge in [0.15, 0.2) is 0 Å². The molecule has 2 heterocycles. The molecule has 37 heavy (non-hydrogen) atoms. The van der Waals surface area contributed by atoms with Gasteiger partial charge in [-0.1, -0.05) is 29.3 Å². The molecule has 198 valence electrons. The number of nitrogens with two attached hydrogens (primary N) is 1. The summed E-state index contributed by atoms with van der Waals surface area (Å²) in [7, 11) is 1.67. The maximum atomic E-state index is 14.0. The van der Waals surface area contributed by atoms with Gasteiger partial charge in [0.1, 0.15) is 17.7 Å². The van der Waals surface area contributed by atoms with Gasteiger partial charge in [-0.3, -0.25) is 14.4 Å². The van der Waals surface area contributed by atoms with Crippen LogP contribution in [0.15, 0.2) is 42.7 Å². The minimum Gasteiger partial charge on any atom is -0.484 e. The molecule has 1 aliphatic heterocycles. The summed E-state index contributed by atoms with van der Waals surface area (Å²) < 4.78 is 22.1. The number of nitrogens with zero attached hydrogens (tertiary/aromatic N) is 3. The molecular weight excluding hydrogens is 516 g/mol. The lowest BCUT2D eigenvalue weighted by molar-refractivity contribution is -0.132. The molecule has 0 radical (unpaired) electrons. The molecule has 1 saturated heterocycles. The Morgan fingerprint density at radius 1 is 1.22 bits per heavy atom. The number of likely N-dealkylation sites (tertiary alicyclic amines) is 1. The second-order valence-electron chi connectivity index (χ2n) is 9.83. The number of carbonyl (C=O) groups excluding carboxylic acids is 1. The van der Waals surface area contributed by atoms with Gasteiger partial charge >= 0.3 is 0 Å². The highest BCUT2D eigenvalue weighted by Gasteiger charge is 2.36. The van der Waals surface area contributed by atoms with Crippen molar-refractivity contribution in [2.75, 3.05) is 25.9 Å². The number of rotatable bonds is 7. The van der Waals surface area contributed by atoms with Crippen LogP contribution >= 0.6 is 23.2 Å². The van der Waals surface area contributed by atoms with E-state index in [1.54, 1.807) is 20.0 Å². The number of amides is 1. The standard InChI is InChI=1S/C27H32Cl2FN5O2/c1-16(24-20(28)6-7-21(30)25(24)29)37-23-13-17(5-8-22(23)31)18-14-33-35(15-18)19-9-11-34(12-10-19)27(2,3)26(36)32-4/h5-8,13-16,19H,9-12,31H2,1-4H3,(H,32,36)/t16-/m1/s1. The van der Waals surface area contributed by atoms with Gasteiger partial charge in [0.2, 0.25) is 5.91 Å². The van der Waals surface area contributed by atoms with Crippen LogP contribution in [-0.2, 0) is 4.79 Å². The van der Waals surface area contributed by atoms with Crippen molar-refractivity contribution in [3.63, 3.8) is 0 Å². The summed E-state index contributed by atoms with van der Waals surface area (Å²) in [6.45, 7) is 7.27. The predicted molar refractivity (Wildman–Crippen MR) is 146 cm³/mol. The Morgan fingerprint density at radius 2 is 1.92 bits per heavy atom. The first kappa shape index (κ1) is 27.2. The van der Waals surface area contributed by atoms with Crippen LogP contribution in [0.4, 0.5) is 10.1 Å². The Bertz CT molecular complexity index is 1290. The lowest BCUT2D eigenvalue weighted by Gasteiger charge is -2.41. The summed E-state index contributed by atoms with van der Waals surface area (Å²) in [5.41, 5.74) is 8.25. The molecule has 7 nitrogen and oxygen atoms in total. The zero-order valence-electron chi connectivity index (χ0n) is 21.4. The molecule has 1 aliphatic rings. The van der Waals surface area contributed by atoms with E-state index in [1.165, 1.54) is 12.1 Å². The van der Waals surface area contributed by atoms with E-state index in [4.69, 9.17) is 33.7 Å². The summed E-state index contributed by atoms with van der Waals surface area (Å²) in [5, 5.41) is 7.63. The van der Waals surface area contributed by atoms with Crippen LogP contribution in [0.3, 0.4) is 0 Å². The van der Waals surface area contributed by atoms with E-state index >= 15 is 0 Å². The number of benzene rings is 2. The molecule has 3 N–H and O–H groups in total. The average Bonchev–Trinajstić information content (AvgIpc) is 3.37. The van der Waals surface area contributed by atoms with Gasteiger partial charge in [-0.15, -0.1) is 0 Å². The third kappa shape index (κ3) is 5.56. The Labute approximate surface area is 226 Å². The quantitative estimate of drug-likeness (QED) is 0.285. The number of likely N-dealkylation sites (N-methyl/N-ethyl adjacent to an activating group) is 1. The fourth-order valence-corrected chi connectivity index (χ4v) is 5.48. The van der Waals surface area contributed by atoms with Crippen molar-refractivity contribution >= 4 is 34.8 Å². The number of piperidine rings is 1. The van der Waals surface area contributed by atoms with Crippen molar-refractivity contribution in [1.29, 1.82) is 0 Å². The molecule has 2 aromatic carbocycles. The van der Waals surface area contributed by atoms with Crippen molar-refractivity contribution in [1.82, 2.24) is 20.0 Å². The number of aromatic nitrogens is 2. The predicted octanol–water partition coefficient (Wildman–Crippen LogP) is 5.88. The topological polar surface area (TPSA) is 85.4 Å². The third-order valence-corrected chi connectivity index (χ3v) is 7.86. The first-order chi connectivity index (χ1) is 17.5. The molecule has 1 atom stereocenters. The van der Waals surface area contributed by atoms with Crippen LogP contribution in [0.2, 0.25) is 10.0 Å². The van der Waals surface area contributed by atoms with Gasteiger partial charge in [0.05, 0.1) is 28.5 Å². The van der Waals surface area contributed by atoms with Gasteiger partial charge in [-0.05, 0) is 63.4 Å². The van der Waals surface area contributed by atoms with Gasteiger partial charge in [-0.25, -0.2) is 4.39 Å². The summed E-state index contributed by atoms with van der Waals surface area (Å²) >= 11 is 12.4. The fourth-order valence-electron chi connectivity index (χ4n) is 4.81. The minimum absolute atomic E-state index is 0.0185. The van der Waals surface area contributed by atoms with E-state index in [9.17, 15) is 9.18 Å². The van der Waals surface area contributed by atoms with E-state index in [0.717, 1.165) is 37.1 Å². The van der Waals surface area contributed by atoms with Crippen LogP contribution in [0.5, 0.6) is 5.75 Å². The molecule has 3 aromatic rings. The Morgan fingerprint density at radius 3 is 2.59 bits per heavy atom. The lowest BCUT2D eigenvalue weighted by atomic mass is 9.95. The van der Waals surface area contributed by atoms with E-state index in [0.29, 0.717) is 22.0 Å². The number of ether oxygens (including phenoxy) is 1. The Balaban J connectivity index is 1.48. The molecular formula is C27H32Cl2FN5O2. The largest absolute Gasteiger partial charge is 0.484 e. The van der Waals surface area contributed by atoms with Crippen molar-refractivity contribution in [3.8, 4) is 16.9 Å². The van der Waals surface area contributed by atoms with Crippen LogP contribution in [0.1, 0.15) is 51.3 Å². The molecule has 0 spiro atoms. The first-order valence-electron chi connectivity index (χ1n) is 12.2. The summed E-state index contributed by atoms with van der Waals surface area (Å²) in [5.74, 6) is -0.0995. The zero-order chi connectivity index (χ0) is 26.9. The normalized spacial score (nSPS) is 16.0. The first-order valence-corrected chi connectivity index (χ1v) is 13.0. The van der Waals surface area contributed by atoms with Crippen molar-refractivity contribution in [3.05, 3.63) is 64.2 Å². The minimum atomic E-state index is -0.625. The van der Waals surface area contributed by atoms with Gasteiger partial charge in [0, 0.05) is 42.5 Å². The van der Waals surface area contributed by atoms with Crippen LogP contribution in [0, 0.1) is 5.82 Å². The SMILES string of the molecule is CNC(=O)C(C)(C)N1CCC(n2cc(-c3ccc(N)c(O[C@H](C)c4c(Cl)ccc(F)c4Cl)c3)cn2)CC1. The highest BCUT2D eigenvalue weighted by molar-refractivity contribution is 6.36. The number of nitrogen functional groups attached to an aromatic ring is 1.